The third-order valence-electron chi connectivity index (χ3n) is 5.01. The smallest absolute Gasteiger partial charge is 0.234 e. The molecule has 2 aromatic rings. The van der Waals surface area contributed by atoms with Crippen molar-refractivity contribution in [2.45, 2.75) is 32.0 Å². The fraction of sp³-hybridized carbons (Fsp3) is 0.381. The number of rotatable bonds is 4. The molecule has 5 nitrogen and oxygen atoms in total. The number of halogens is 2. The van der Waals surface area contributed by atoms with Crippen LogP contribution in [0.5, 0.6) is 11.5 Å². The van der Waals surface area contributed by atoms with Crippen LogP contribution >= 0.6 is 0 Å². The van der Waals surface area contributed by atoms with Crippen molar-refractivity contribution in [3.8, 4) is 11.5 Å². The van der Waals surface area contributed by atoms with E-state index in [0.717, 1.165) is 19.4 Å². The van der Waals surface area contributed by atoms with Crippen molar-refractivity contribution in [1.82, 2.24) is 10.2 Å². The first-order chi connectivity index (χ1) is 13.6. The molecule has 28 heavy (non-hydrogen) atoms. The van der Waals surface area contributed by atoms with E-state index < -0.39 is 5.82 Å². The highest BCUT2D eigenvalue weighted by atomic mass is 19.1. The molecule has 2 aromatic carbocycles. The predicted molar refractivity (Wildman–Crippen MR) is 99.0 cm³/mol. The fourth-order valence-electron chi connectivity index (χ4n) is 3.60. The molecule has 1 fully saturated rings. The molecule has 1 unspecified atom stereocenters. The minimum atomic E-state index is -0.396. The highest BCUT2D eigenvalue weighted by Gasteiger charge is 2.23. The Morgan fingerprint density at radius 3 is 2.89 bits per heavy atom. The fourth-order valence-corrected chi connectivity index (χ4v) is 3.60. The van der Waals surface area contributed by atoms with E-state index in [1.807, 2.05) is 0 Å². The maximum atomic E-state index is 14.4. The Kier molecular flexibility index (Phi) is 5.54. The van der Waals surface area contributed by atoms with Gasteiger partial charge in [-0.1, -0.05) is 6.07 Å². The van der Waals surface area contributed by atoms with Gasteiger partial charge < -0.3 is 14.8 Å². The molecule has 4 rings (SSSR count). The molecule has 148 valence electrons. The highest BCUT2D eigenvalue weighted by molar-refractivity contribution is 5.78. The summed E-state index contributed by atoms with van der Waals surface area (Å²) in [5.74, 6) is -0.124. The molecule has 2 aliphatic heterocycles. The molecular weight excluding hydrogens is 366 g/mol. The summed E-state index contributed by atoms with van der Waals surface area (Å²) in [7, 11) is 0. The second-order valence-corrected chi connectivity index (χ2v) is 7.15. The summed E-state index contributed by atoms with van der Waals surface area (Å²) in [5.41, 5.74) is 0.992. The number of carbonyl (C=O) groups excluding carboxylic acids is 1. The molecule has 7 heteroatoms. The normalized spacial score (nSPS) is 19.1. The number of nitrogens with one attached hydrogen (secondary N) is 1. The number of hydrogen-bond donors (Lipinski definition) is 1. The Hall–Kier alpha value is -2.51. The molecule has 0 aromatic heterocycles. The summed E-state index contributed by atoms with van der Waals surface area (Å²) in [6.45, 7) is 1.72. The number of hydrogen-bond acceptors (Lipinski definition) is 4. The van der Waals surface area contributed by atoms with E-state index in [1.54, 1.807) is 17.0 Å². The van der Waals surface area contributed by atoms with Crippen LogP contribution in [0.1, 0.15) is 24.0 Å². The number of amides is 1. The van der Waals surface area contributed by atoms with Gasteiger partial charge in [0.1, 0.15) is 23.1 Å². The van der Waals surface area contributed by atoms with Gasteiger partial charge in [0.25, 0.3) is 0 Å². The number of carbonyl (C=O) groups is 1. The van der Waals surface area contributed by atoms with Gasteiger partial charge in [0, 0.05) is 37.4 Å². The summed E-state index contributed by atoms with van der Waals surface area (Å²) >= 11 is 0. The zero-order valence-electron chi connectivity index (χ0n) is 15.4. The molecule has 0 aliphatic carbocycles. The first-order valence-electron chi connectivity index (χ1n) is 9.43. The van der Waals surface area contributed by atoms with Crippen LogP contribution in [-0.4, -0.2) is 36.6 Å². The highest BCUT2D eigenvalue weighted by Crippen LogP contribution is 2.34. The standard InChI is InChI=1S/C21H22F2N2O3/c22-15-6-7-19-14(9-15)11-25(12-17-18(23)4-1-5-20(17)28-19)13-21(26)24-10-16-3-2-8-27-16/h1,4-7,9,16H,2-3,8,10-13H2,(H,24,26). The van der Waals surface area contributed by atoms with Gasteiger partial charge in [0.05, 0.1) is 12.6 Å². The minimum Gasteiger partial charge on any atom is -0.457 e. The zero-order chi connectivity index (χ0) is 19.5. The minimum absolute atomic E-state index is 0.0534. The Morgan fingerprint density at radius 1 is 1.18 bits per heavy atom. The van der Waals surface area contributed by atoms with Crippen LogP contribution in [0, 0.1) is 11.6 Å². The van der Waals surface area contributed by atoms with Crippen LogP contribution in [0.25, 0.3) is 0 Å². The lowest BCUT2D eigenvalue weighted by Gasteiger charge is -2.27. The average Bonchev–Trinajstić information content (AvgIpc) is 3.17. The SMILES string of the molecule is O=C(CN1Cc2cc(F)ccc2Oc2cccc(F)c2C1)NCC1CCCO1. The molecule has 1 atom stereocenters. The summed E-state index contributed by atoms with van der Waals surface area (Å²) in [4.78, 5) is 14.2. The Bertz CT molecular complexity index is 869. The molecule has 2 heterocycles. The molecule has 2 aliphatic rings. The van der Waals surface area contributed by atoms with Crippen LogP contribution < -0.4 is 10.1 Å². The van der Waals surface area contributed by atoms with E-state index in [4.69, 9.17) is 9.47 Å². The second-order valence-electron chi connectivity index (χ2n) is 7.15. The largest absolute Gasteiger partial charge is 0.457 e. The maximum absolute atomic E-state index is 14.4. The second kappa shape index (κ2) is 8.24. The number of benzene rings is 2. The number of fused-ring (bicyclic) bond motifs is 2. The van der Waals surface area contributed by atoms with Crippen molar-refractivity contribution in [3.05, 3.63) is 59.2 Å². The molecule has 1 N–H and O–H groups in total. The summed E-state index contributed by atoms with van der Waals surface area (Å²) in [6.07, 6.45) is 2.00. The van der Waals surface area contributed by atoms with E-state index in [-0.39, 0.29) is 37.5 Å². The lowest BCUT2D eigenvalue weighted by molar-refractivity contribution is -0.123. The van der Waals surface area contributed by atoms with Gasteiger partial charge in [-0.3, -0.25) is 9.69 Å². The van der Waals surface area contributed by atoms with Crippen molar-refractivity contribution >= 4 is 5.91 Å². The van der Waals surface area contributed by atoms with Crippen molar-refractivity contribution in [2.75, 3.05) is 19.7 Å². The summed E-state index contributed by atoms with van der Waals surface area (Å²) in [6, 6.07) is 8.82. The lowest BCUT2D eigenvalue weighted by Crippen LogP contribution is -2.40. The predicted octanol–water partition coefficient (Wildman–Crippen LogP) is 3.37. The van der Waals surface area contributed by atoms with E-state index in [2.05, 4.69) is 5.32 Å². The Balaban J connectivity index is 1.54. The zero-order valence-corrected chi connectivity index (χ0v) is 15.4. The first-order valence-corrected chi connectivity index (χ1v) is 9.43. The van der Waals surface area contributed by atoms with E-state index >= 15 is 0 Å². The average molecular weight is 388 g/mol. The van der Waals surface area contributed by atoms with Crippen LogP contribution in [-0.2, 0) is 22.6 Å². The summed E-state index contributed by atoms with van der Waals surface area (Å²) in [5, 5.41) is 2.88. The molecule has 1 saturated heterocycles. The van der Waals surface area contributed by atoms with Crippen LogP contribution in [0.3, 0.4) is 0 Å². The van der Waals surface area contributed by atoms with Gasteiger partial charge in [-0.2, -0.15) is 0 Å². The molecule has 1 amide bonds. The monoisotopic (exact) mass is 388 g/mol. The van der Waals surface area contributed by atoms with E-state index in [1.165, 1.54) is 24.3 Å². The quantitative estimate of drug-likeness (QED) is 0.873. The van der Waals surface area contributed by atoms with Gasteiger partial charge in [0.2, 0.25) is 5.91 Å². The molecular formula is C21H22F2N2O3. The van der Waals surface area contributed by atoms with Gasteiger partial charge >= 0.3 is 0 Å². The third-order valence-corrected chi connectivity index (χ3v) is 5.01. The first kappa shape index (κ1) is 18.8. The van der Waals surface area contributed by atoms with Crippen molar-refractivity contribution in [1.29, 1.82) is 0 Å². The van der Waals surface area contributed by atoms with Gasteiger partial charge in [-0.15, -0.1) is 0 Å². The molecule has 0 bridgehead atoms. The van der Waals surface area contributed by atoms with Crippen LogP contribution in [0.15, 0.2) is 36.4 Å². The van der Waals surface area contributed by atoms with Crippen molar-refractivity contribution in [2.24, 2.45) is 0 Å². The summed E-state index contributed by atoms with van der Waals surface area (Å²) < 4.78 is 39.5. The molecule has 0 radical (unpaired) electrons. The van der Waals surface area contributed by atoms with Crippen LogP contribution in [0.2, 0.25) is 0 Å². The van der Waals surface area contributed by atoms with Gasteiger partial charge in [-0.25, -0.2) is 8.78 Å². The molecule has 0 saturated carbocycles. The Morgan fingerprint density at radius 2 is 2.07 bits per heavy atom. The topological polar surface area (TPSA) is 50.8 Å². The lowest BCUT2D eigenvalue weighted by atomic mass is 10.1. The number of ether oxygens (including phenoxy) is 2. The van der Waals surface area contributed by atoms with E-state index in [0.29, 0.717) is 29.2 Å². The van der Waals surface area contributed by atoms with Crippen molar-refractivity contribution in [3.63, 3.8) is 0 Å². The Labute approximate surface area is 162 Å². The van der Waals surface area contributed by atoms with Crippen molar-refractivity contribution < 1.29 is 23.0 Å². The van der Waals surface area contributed by atoms with Gasteiger partial charge in [0.15, 0.2) is 0 Å². The maximum Gasteiger partial charge on any atom is 0.234 e. The van der Waals surface area contributed by atoms with E-state index in [9.17, 15) is 13.6 Å². The van der Waals surface area contributed by atoms with Crippen LogP contribution in [0.4, 0.5) is 8.78 Å². The molecule has 0 spiro atoms. The van der Waals surface area contributed by atoms with Gasteiger partial charge in [-0.05, 0) is 43.2 Å². The number of nitrogens with zero attached hydrogens (tertiary/aromatic N) is 1. The third kappa shape index (κ3) is 4.31.